The van der Waals surface area contributed by atoms with Gasteiger partial charge in [0.2, 0.25) is 5.91 Å². The highest BCUT2D eigenvalue weighted by atomic mass is 32.2. The van der Waals surface area contributed by atoms with E-state index in [-0.39, 0.29) is 28.9 Å². The Hall–Kier alpha value is -1.67. The van der Waals surface area contributed by atoms with Crippen LogP contribution in [0.5, 0.6) is 0 Å². The molecule has 0 saturated carbocycles. The Morgan fingerprint density at radius 3 is 2.35 bits per heavy atom. The van der Waals surface area contributed by atoms with Gasteiger partial charge in [0.1, 0.15) is 6.10 Å². The quantitative estimate of drug-likeness (QED) is 0.618. The van der Waals surface area contributed by atoms with Crippen LogP contribution < -0.4 is 4.90 Å². The van der Waals surface area contributed by atoms with Crippen molar-refractivity contribution in [3.63, 3.8) is 0 Å². The van der Waals surface area contributed by atoms with Crippen LogP contribution in [0.2, 0.25) is 0 Å². The minimum atomic E-state index is -3.05. The fourth-order valence-corrected chi connectivity index (χ4v) is 5.69. The van der Waals surface area contributed by atoms with Gasteiger partial charge >= 0.3 is 0 Å². The van der Waals surface area contributed by atoms with Gasteiger partial charge in [-0.25, -0.2) is 12.8 Å². The van der Waals surface area contributed by atoms with Crippen molar-refractivity contribution in [2.75, 3.05) is 30.3 Å². The third-order valence-corrected chi connectivity index (χ3v) is 8.74. The number of nitrogens with zero attached hydrogens (tertiary/aromatic N) is 2. The summed E-state index contributed by atoms with van der Waals surface area (Å²) in [6.07, 6.45) is 0.0308. The number of alkyl halides is 1. The van der Waals surface area contributed by atoms with E-state index in [4.69, 9.17) is 4.74 Å². The van der Waals surface area contributed by atoms with Crippen LogP contribution >= 0.6 is 0 Å². The number of sulfone groups is 1. The first kappa shape index (κ1) is 24.0. The van der Waals surface area contributed by atoms with Crippen molar-refractivity contribution in [3.8, 4) is 0 Å². The summed E-state index contributed by atoms with van der Waals surface area (Å²) in [5, 5.41) is -0.355. The molecule has 6 nitrogen and oxygen atoms in total. The van der Waals surface area contributed by atoms with Crippen molar-refractivity contribution < 1.29 is 22.3 Å². The van der Waals surface area contributed by atoms with E-state index in [1.54, 1.807) is 25.7 Å². The minimum absolute atomic E-state index is 0.0401. The topological polar surface area (TPSA) is 66.9 Å². The number of anilines is 1. The number of amides is 1. The van der Waals surface area contributed by atoms with E-state index in [0.717, 1.165) is 24.1 Å². The molecule has 2 aliphatic heterocycles. The highest BCUT2D eigenvalue weighted by Crippen LogP contribution is 2.27. The number of carbonyl (C=O) groups excluding carboxylic acids is 1. The minimum Gasteiger partial charge on any atom is -0.369 e. The molecule has 8 heteroatoms. The fraction of sp³-hybridized carbons (Fsp3) is 0.696. The number of morpholine rings is 1. The summed E-state index contributed by atoms with van der Waals surface area (Å²) >= 11 is 0. The highest BCUT2D eigenvalue weighted by molar-refractivity contribution is 7.91. The third kappa shape index (κ3) is 5.98. The van der Waals surface area contributed by atoms with Crippen molar-refractivity contribution in [3.05, 3.63) is 29.8 Å². The van der Waals surface area contributed by atoms with Crippen molar-refractivity contribution in [2.45, 2.75) is 70.7 Å². The lowest BCUT2D eigenvalue weighted by Crippen LogP contribution is -2.51. The predicted octanol–water partition coefficient (Wildman–Crippen LogP) is 3.20. The zero-order chi connectivity index (χ0) is 22.8. The fourth-order valence-electron chi connectivity index (χ4n) is 4.31. The van der Waals surface area contributed by atoms with Crippen LogP contribution in [0.3, 0.4) is 0 Å². The smallest absolute Gasteiger partial charge is 0.226 e. The largest absolute Gasteiger partial charge is 0.369 e. The van der Waals surface area contributed by atoms with E-state index in [1.165, 1.54) is 0 Å². The molecule has 3 rings (SSSR count). The SMILES string of the molecule is CC(C)S(=O)(=O)CC1CCN(C(=O)Cc2ccc(N3C[C@H](C)O[C@H](C)C3F)cc2)CC1. The number of benzene rings is 1. The molecule has 3 atom stereocenters. The van der Waals surface area contributed by atoms with Gasteiger partial charge < -0.3 is 14.5 Å². The van der Waals surface area contributed by atoms with Crippen LogP contribution in [-0.2, 0) is 25.8 Å². The summed E-state index contributed by atoms with van der Waals surface area (Å²) in [6.45, 7) is 8.79. The molecule has 1 amide bonds. The second-order valence-corrected chi connectivity index (χ2v) is 11.8. The predicted molar refractivity (Wildman–Crippen MR) is 121 cm³/mol. The average Bonchev–Trinajstić information content (AvgIpc) is 2.71. The number of ether oxygens (including phenoxy) is 1. The van der Waals surface area contributed by atoms with Crippen molar-refractivity contribution in [2.24, 2.45) is 5.92 Å². The summed E-state index contributed by atoms with van der Waals surface area (Å²) in [5.41, 5.74) is 1.68. The molecule has 2 heterocycles. The summed E-state index contributed by atoms with van der Waals surface area (Å²) < 4.78 is 44.4. The summed E-state index contributed by atoms with van der Waals surface area (Å²) in [7, 11) is -3.05. The zero-order valence-corrected chi connectivity index (χ0v) is 19.8. The Bertz CT molecular complexity index is 851. The molecular weight excluding hydrogens is 419 g/mol. The van der Waals surface area contributed by atoms with Crippen LogP contribution in [0.1, 0.15) is 46.1 Å². The van der Waals surface area contributed by atoms with Crippen molar-refractivity contribution in [1.29, 1.82) is 0 Å². The molecule has 0 radical (unpaired) electrons. The van der Waals surface area contributed by atoms with Gasteiger partial charge in [0.05, 0.1) is 23.5 Å². The lowest BCUT2D eigenvalue weighted by Gasteiger charge is -2.39. The van der Waals surface area contributed by atoms with Crippen LogP contribution in [0.25, 0.3) is 0 Å². The van der Waals surface area contributed by atoms with Gasteiger partial charge in [-0.1, -0.05) is 12.1 Å². The molecule has 0 spiro atoms. The van der Waals surface area contributed by atoms with Gasteiger partial charge in [0, 0.05) is 25.3 Å². The Kier molecular flexibility index (Phi) is 7.63. The van der Waals surface area contributed by atoms with Crippen LogP contribution in [-0.4, -0.2) is 68.4 Å². The van der Waals surface area contributed by atoms with Crippen LogP contribution in [0.15, 0.2) is 24.3 Å². The summed E-state index contributed by atoms with van der Waals surface area (Å²) in [5.74, 6) is 0.389. The third-order valence-electron chi connectivity index (χ3n) is 6.36. The summed E-state index contributed by atoms with van der Waals surface area (Å²) in [6, 6.07) is 7.49. The first-order valence-electron chi connectivity index (χ1n) is 11.2. The highest BCUT2D eigenvalue weighted by Gasteiger charge is 2.33. The van der Waals surface area contributed by atoms with Gasteiger partial charge in [-0.2, -0.15) is 0 Å². The number of hydrogen-bond donors (Lipinski definition) is 0. The Morgan fingerprint density at radius 2 is 1.77 bits per heavy atom. The second kappa shape index (κ2) is 9.86. The molecule has 0 aliphatic carbocycles. The molecule has 2 fully saturated rings. The Balaban J connectivity index is 1.52. The first-order valence-corrected chi connectivity index (χ1v) is 12.9. The molecule has 1 aromatic rings. The molecule has 2 aliphatic rings. The van der Waals surface area contributed by atoms with Gasteiger partial charge in [0.15, 0.2) is 16.1 Å². The number of carbonyl (C=O) groups is 1. The standard InChI is InChI=1S/C23H35FN2O4S/c1-16(2)31(28,29)15-20-9-11-25(12-10-20)22(27)13-19-5-7-21(8-6-19)26-14-17(3)30-18(4)23(26)24/h5-8,16-18,20,23H,9-15H2,1-4H3/t17-,18+,23?/m0/s1. The Morgan fingerprint density at radius 1 is 1.16 bits per heavy atom. The normalized spacial score (nSPS) is 25.8. The molecule has 0 N–H and O–H groups in total. The lowest BCUT2D eigenvalue weighted by atomic mass is 9.98. The molecule has 2 saturated heterocycles. The zero-order valence-electron chi connectivity index (χ0n) is 19.0. The molecule has 174 valence electrons. The van der Waals surface area contributed by atoms with E-state index in [1.807, 2.05) is 36.1 Å². The number of piperidine rings is 1. The van der Waals surface area contributed by atoms with Crippen LogP contribution in [0, 0.1) is 5.92 Å². The van der Waals surface area contributed by atoms with Gasteiger partial charge in [0.25, 0.3) is 0 Å². The van der Waals surface area contributed by atoms with Crippen molar-refractivity contribution in [1.82, 2.24) is 4.90 Å². The molecule has 31 heavy (non-hydrogen) atoms. The van der Waals surface area contributed by atoms with E-state index in [9.17, 15) is 17.6 Å². The second-order valence-electron chi connectivity index (χ2n) is 9.22. The van der Waals surface area contributed by atoms with Crippen molar-refractivity contribution >= 4 is 21.4 Å². The number of hydrogen-bond acceptors (Lipinski definition) is 5. The van der Waals surface area contributed by atoms with Gasteiger partial charge in [-0.05, 0) is 64.2 Å². The molecule has 1 aromatic carbocycles. The monoisotopic (exact) mass is 454 g/mol. The maximum absolute atomic E-state index is 14.5. The average molecular weight is 455 g/mol. The van der Waals surface area contributed by atoms with E-state index in [0.29, 0.717) is 26.1 Å². The van der Waals surface area contributed by atoms with E-state index >= 15 is 0 Å². The molecule has 0 aromatic heterocycles. The summed E-state index contributed by atoms with van der Waals surface area (Å²) in [4.78, 5) is 16.3. The first-order chi connectivity index (χ1) is 14.6. The Labute approximate surface area is 185 Å². The molecular formula is C23H35FN2O4S. The maximum Gasteiger partial charge on any atom is 0.226 e. The molecule has 1 unspecified atom stereocenters. The number of halogens is 1. The number of rotatable bonds is 6. The molecule has 0 bridgehead atoms. The lowest BCUT2D eigenvalue weighted by molar-refractivity contribution is -0.131. The van der Waals surface area contributed by atoms with Gasteiger partial charge in [-0.3, -0.25) is 4.79 Å². The van der Waals surface area contributed by atoms with Crippen LogP contribution in [0.4, 0.5) is 10.1 Å². The maximum atomic E-state index is 14.5. The van der Waals surface area contributed by atoms with E-state index < -0.39 is 22.2 Å². The number of likely N-dealkylation sites (tertiary alicyclic amines) is 1. The van der Waals surface area contributed by atoms with E-state index in [2.05, 4.69) is 0 Å². The van der Waals surface area contributed by atoms with Gasteiger partial charge in [-0.15, -0.1) is 0 Å².